The summed E-state index contributed by atoms with van der Waals surface area (Å²) in [6.45, 7) is 27.3. The van der Waals surface area contributed by atoms with E-state index in [1.54, 1.807) is 0 Å². The Labute approximate surface area is 397 Å². The molecule has 14 heteroatoms. The van der Waals surface area contributed by atoms with Gasteiger partial charge in [-0.1, -0.05) is 108 Å². The van der Waals surface area contributed by atoms with Crippen LogP contribution in [0.3, 0.4) is 0 Å². The molecule has 3 fully saturated rings. The van der Waals surface area contributed by atoms with Crippen LogP contribution in [0.5, 0.6) is 0 Å². The first kappa shape index (κ1) is 50.7. The second kappa shape index (κ2) is 19.1. The van der Waals surface area contributed by atoms with Crippen molar-refractivity contribution >= 4 is 54.3 Å². The van der Waals surface area contributed by atoms with Gasteiger partial charge in [0.15, 0.2) is 0 Å². The predicted molar refractivity (Wildman–Crippen MR) is 264 cm³/mol. The molecule has 0 radical (unpaired) electrons. The molecule has 4 aromatic carbocycles. The number of fused-ring (bicyclic) bond motifs is 2. The number of amides is 2. The summed E-state index contributed by atoms with van der Waals surface area (Å²) in [5.41, 5.74) is 5.96. The van der Waals surface area contributed by atoms with E-state index in [2.05, 4.69) is 40.2 Å². The van der Waals surface area contributed by atoms with E-state index in [9.17, 15) is 9.59 Å². The van der Waals surface area contributed by atoms with E-state index in [0.717, 1.165) is 34.2 Å². The van der Waals surface area contributed by atoms with Gasteiger partial charge < -0.3 is 37.7 Å². The number of carbonyl (C=O) groups is 2. The monoisotopic (exact) mass is 948 g/mol. The van der Waals surface area contributed by atoms with Gasteiger partial charge >= 0.3 is 21.1 Å². The smallest absolute Gasteiger partial charge is 0.405 e. The zero-order valence-corrected chi connectivity index (χ0v) is 41.3. The van der Waals surface area contributed by atoms with Crippen molar-refractivity contribution in [2.75, 3.05) is 0 Å². The summed E-state index contributed by atoms with van der Waals surface area (Å²) in [7, 11) is -1.32. The Morgan fingerprint density at radius 3 is 1.05 bits per heavy atom. The average Bonchev–Trinajstić information content (AvgIpc) is 4.00. The maximum absolute atomic E-state index is 12.7. The van der Waals surface area contributed by atoms with Gasteiger partial charge in [0.1, 0.15) is 0 Å². The molecule has 0 atom stereocenters. The highest BCUT2D eigenvalue weighted by molar-refractivity contribution is 9.10. The zero-order valence-electron chi connectivity index (χ0n) is 39.8. The van der Waals surface area contributed by atoms with Crippen LogP contribution in [0, 0.1) is 0 Å². The van der Waals surface area contributed by atoms with Crippen LogP contribution in [0.15, 0.2) is 102 Å². The van der Waals surface area contributed by atoms with E-state index >= 15 is 0 Å². The summed E-state index contributed by atoms with van der Waals surface area (Å²) in [4.78, 5) is 28.8. The van der Waals surface area contributed by atoms with Gasteiger partial charge in [-0.05, 0) is 134 Å². The van der Waals surface area contributed by atoms with Crippen molar-refractivity contribution in [3.05, 3.63) is 135 Å². The number of carbonyl (C=O) groups excluding carboxylic acids is 2. The minimum atomic E-state index is -0.476. The fraction of sp³-hybridized carbons (Fsp3) is 0.490. The van der Waals surface area contributed by atoms with Gasteiger partial charge in [-0.15, -0.1) is 0 Å². The standard InChI is InChI=1S/C22H26BNO3.C16H14BrNO.C12H24B2O4.CH4/c1-21(2)22(3,4)27-23(26-21)19-11-9-16(10-12-19)13-20(25)24-14-17-7-5-6-8-18(17)15-24;17-15-7-5-12(6-8-15)9-16(19)18-10-13-3-1-2-4-14(13)11-18;1-9(2)10(3,4)16-13(15-9)14-17-11(5,6)12(7,8)18-14;/h5-12H,13-15H2,1-4H3;1-8H,9-11H2;1-8H3;1H4. The fourth-order valence-electron chi connectivity index (χ4n) is 7.97. The summed E-state index contributed by atoms with van der Waals surface area (Å²) >= 11 is 3.40. The Hall–Kier alpha value is -3.75. The Morgan fingerprint density at radius 1 is 0.462 bits per heavy atom. The number of rotatable bonds is 6. The summed E-state index contributed by atoms with van der Waals surface area (Å²) in [5, 5.41) is 0. The molecular formula is C51H68B3BrN2O8. The first-order chi connectivity index (χ1) is 29.9. The molecule has 0 aliphatic carbocycles. The third-order valence-corrected chi connectivity index (χ3v) is 14.8. The van der Waals surface area contributed by atoms with Gasteiger partial charge in [0.05, 0.1) is 46.4 Å². The van der Waals surface area contributed by atoms with Crippen molar-refractivity contribution in [2.45, 2.75) is 163 Å². The third kappa shape index (κ3) is 11.2. The highest BCUT2D eigenvalue weighted by Crippen LogP contribution is 2.43. The predicted octanol–water partition coefficient (Wildman–Crippen LogP) is 9.49. The number of nitrogens with zero attached hydrogens (tertiary/aromatic N) is 2. The number of benzene rings is 4. The lowest BCUT2D eigenvalue weighted by Crippen LogP contribution is -2.41. The molecule has 0 N–H and O–H groups in total. The van der Waals surface area contributed by atoms with Gasteiger partial charge in [-0.3, -0.25) is 9.59 Å². The molecule has 9 rings (SSSR count). The Morgan fingerprint density at radius 2 is 0.738 bits per heavy atom. The molecule has 5 aliphatic rings. The molecule has 0 unspecified atom stereocenters. The van der Waals surface area contributed by atoms with Crippen LogP contribution in [-0.4, -0.2) is 76.4 Å². The van der Waals surface area contributed by atoms with Crippen LogP contribution in [-0.2, 0) is 76.5 Å². The maximum Gasteiger partial charge on any atom is 0.494 e. The van der Waals surface area contributed by atoms with Crippen molar-refractivity contribution in [2.24, 2.45) is 0 Å². The lowest BCUT2D eigenvalue weighted by Gasteiger charge is -2.32. The van der Waals surface area contributed by atoms with Crippen LogP contribution < -0.4 is 5.46 Å². The minimum absolute atomic E-state index is 0. The van der Waals surface area contributed by atoms with Gasteiger partial charge in [0.25, 0.3) is 0 Å². The molecule has 0 spiro atoms. The normalized spacial score (nSPS) is 21.1. The molecule has 346 valence electrons. The molecule has 0 aromatic heterocycles. The van der Waals surface area contributed by atoms with E-state index < -0.39 is 14.0 Å². The van der Waals surface area contributed by atoms with Crippen molar-refractivity contribution in [3.8, 4) is 0 Å². The van der Waals surface area contributed by atoms with Gasteiger partial charge in [0.2, 0.25) is 11.8 Å². The summed E-state index contributed by atoms with van der Waals surface area (Å²) in [5.74, 6) is 0.355. The Kier molecular flexibility index (Phi) is 14.9. The van der Waals surface area contributed by atoms with E-state index in [1.165, 1.54) is 22.3 Å². The van der Waals surface area contributed by atoms with Gasteiger partial charge in [-0.25, -0.2) is 0 Å². The first-order valence-corrected chi connectivity index (χ1v) is 23.2. The lowest BCUT2D eigenvalue weighted by atomic mass is 9.49. The quantitative estimate of drug-likeness (QED) is 0.177. The molecule has 5 heterocycles. The second-order valence-corrected chi connectivity index (χ2v) is 21.5. The van der Waals surface area contributed by atoms with Crippen molar-refractivity contribution in [1.29, 1.82) is 0 Å². The van der Waals surface area contributed by atoms with Crippen molar-refractivity contribution < 1.29 is 37.5 Å². The van der Waals surface area contributed by atoms with Crippen LogP contribution >= 0.6 is 15.9 Å². The largest absolute Gasteiger partial charge is 0.494 e. The molecule has 0 saturated carbocycles. The van der Waals surface area contributed by atoms with Crippen LogP contribution in [0.2, 0.25) is 0 Å². The third-order valence-electron chi connectivity index (χ3n) is 14.3. The summed E-state index contributed by atoms with van der Waals surface area (Å²) in [6.07, 6.45) is 0.888. The number of hydrogen-bond donors (Lipinski definition) is 0. The van der Waals surface area contributed by atoms with Gasteiger partial charge in [0, 0.05) is 30.7 Å². The van der Waals surface area contributed by atoms with E-state index in [1.807, 2.05) is 166 Å². The molecule has 10 nitrogen and oxygen atoms in total. The Bertz CT molecular complexity index is 2190. The number of hydrogen-bond acceptors (Lipinski definition) is 8. The van der Waals surface area contributed by atoms with E-state index in [0.29, 0.717) is 25.9 Å². The topological polar surface area (TPSA) is 96.0 Å². The molecule has 3 saturated heterocycles. The summed E-state index contributed by atoms with van der Waals surface area (Å²) in [6, 6.07) is 32.5. The zero-order chi connectivity index (χ0) is 46.5. The molecule has 5 aliphatic heterocycles. The van der Waals surface area contributed by atoms with Gasteiger partial charge in [-0.2, -0.15) is 0 Å². The van der Waals surface area contributed by atoms with Crippen molar-refractivity contribution in [1.82, 2.24) is 9.80 Å². The Balaban J connectivity index is 0.000000165. The highest BCUT2D eigenvalue weighted by Gasteiger charge is 2.63. The molecule has 2 amide bonds. The molecule has 0 bridgehead atoms. The fourth-order valence-corrected chi connectivity index (χ4v) is 8.23. The first-order valence-electron chi connectivity index (χ1n) is 22.4. The molecule has 65 heavy (non-hydrogen) atoms. The molecule has 4 aromatic rings. The number of halogens is 1. The second-order valence-electron chi connectivity index (χ2n) is 20.6. The SMILES string of the molecule is C.CC1(C)OB(B2OC(C)(C)C(C)(C)O2)OC1(C)C.CC1(C)OB(c2ccc(CC(=O)N3Cc4ccccc4C3)cc2)OC1(C)C.O=C(Cc1ccc(Br)cc1)N1Cc2ccccc2C1. The van der Waals surface area contributed by atoms with E-state index in [4.69, 9.17) is 27.9 Å². The van der Waals surface area contributed by atoms with E-state index in [-0.39, 0.29) is 60.0 Å². The maximum atomic E-state index is 12.7. The van der Waals surface area contributed by atoms with Crippen LogP contribution in [0.4, 0.5) is 0 Å². The van der Waals surface area contributed by atoms with Crippen LogP contribution in [0.25, 0.3) is 0 Å². The lowest BCUT2D eigenvalue weighted by molar-refractivity contribution is -0.131. The average molecular weight is 949 g/mol. The summed E-state index contributed by atoms with van der Waals surface area (Å²) < 4.78 is 37.1. The molecular weight excluding hydrogens is 881 g/mol. The highest BCUT2D eigenvalue weighted by atomic mass is 79.9. The van der Waals surface area contributed by atoms with Crippen molar-refractivity contribution in [3.63, 3.8) is 0 Å². The van der Waals surface area contributed by atoms with Crippen LogP contribution in [0.1, 0.15) is 124 Å². The minimum Gasteiger partial charge on any atom is -0.405 e.